The summed E-state index contributed by atoms with van der Waals surface area (Å²) in [7, 11) is -7.75. The molecule has 1 radical (unpaired) electrons. The Morgan fingerprint density at radius 2 is 0.700 bits per heavy atom. The largest absolute Gasteiger partial charge is 0.460 e. The van der Waals surface area contributed by atoms with Gasteiger partial charge in [-0.3, -0.25) is 0 Å². The van der Waals surface area contributed by atoms with Crippen LogP contribution in [0.5, 0.6) is 0 Å². The van der Waals surface area contributed by atoms with Gasteiger partial charge in [-0.15, -0.1) is 0 Å². The van der Waals surface area contributed by atoms with E-state index in [1.807, 2.05) is 0 Å². The number of benzene rings is 2. The van der Waals surface area contributed by atoms with Crippen LogP contribution >= 0.6 is 0 Å². The molecule has 2 aromatic carbocycles. The van der Waals surface area contributed by atoms with Gasteiger partial charge in [-0.05, 0) is 48.7 Å². The Balaban J connectivity index is 2.76. The van der Waals surface area contributed by atoms with Gasteiger partial charge in [-0.1, -0.05) is 65.8 Å². The summed E-state index contributed by atoms with van der Waals surface area (Å²) < 4.78 is 263. The van der Waals surface area contributed by atoms with Crippen molar-refractivity contribution >= 4 is 10.1 Å². The third-order valence-electron chi connectivity index (χ3n) is 6.97. The molecule has 0 fully saturated rings. The van der Waals surface area contributed by atoms with E-state index in [1.165, 1.54) is 24.3 Å². The van der Waals surface area contributed by atoms with Crippen LogP contribution in [-0.4, -0.2) is 55.4 Å². The van der Waals surface area contributed by atoms with E-state index >= 15 is 0 Å². The minimum atomic E-state index is -8.93. The van der Waals surface area contributed by atoms with Gasteiger partial charge >= 0.3 is 77.3 Å². The highest BCUT2D eigenvalue weighted by Crippen LogP contribution is 2.64. The van der Waals surface area contributed by atoms with Crippen LogP contribution in [0.15, 0.2) is 48.5 Å². The molecule has 3 nitrogen and oxygen atoms in total. The molecule has 0 saturated carbocycles. The number of hydrogen-bond donors (Lipinski definition) is 0. The van der Waals surface area contributed by atoms with Crippen molar-refractivity contribution in [1.82, 2.24) is 0 Å². The Bertz CT molecular complexity index is 1570. The number of rotatable bonds is 11. The van der Waals surface area contributed by atoms with Gasteiger partial charge < -0.3 is 0 Å². The lowest BCUT2D eigenvalue weighted by Crippen LogP contribution is -3.85. The van der Waals surface area contributed by atoms with Gasteiger partial charge in [0.15, 0.2) is 7.14 Å². The molecule has 50 heavy (non-hydrogen) atoms. The van der Waals surface area contributed by atoms with Crippen LogP contribution in [0.4, 0.5) is 74.6 Å². The zero-order valence-corrected chi connectivity index (χ0v) is 29.0. The third kappa shape index (κ3) is 7.01. The Kier molecular flexibility index (Phi) is 11.3. The fraction of sp³-hybridized carbons (Fsp3) is 0.571. The molecule has 22 heteroatoms. The first kappa shape index (κ1) is 44.1. The van der Waals surface area contributed by atoms with E-state index in [0.717, 1.165) is 24.3 Å². The first-order valence-corrected chi connectivity index (χ1v) is 17.8. The lowest BCUT2D eigenvalue weighted by atomic mass is 9.87. The summed E-state index contributed by atoms with van der Waals surface area (Å²) in [5, 5.41) is -7.77. The molecular formula is C28H26F17IO3S+. The average Bonchev–Trinajstić information content (AvgIpc) is 2.93. The first-order valence-electron chi connectivity index (χ1n) is 13.3. The minimum absolute atomic E-state index is 0.342. The molecule has 0 aliphatic rings. The van der Waals surface area contributed by atoms with E-state index in [-0.39, 0.29) is 7.14 Å². The molecule has 287 valence electrons. The monoisotopic (exact) mass is 892 g/mol. The number of hydrogen-bond acceptors (Lipinski definition) is 3. The van der Waals surface area contributed by atoms with E-state index in [2.05, 4.69) is 2.51 Å². The molecule has 2 aromatic rings. The van der Waals surface area contributed by atoms with E-state index in [9.17, 15) is 83.1 Å². The topological polar surface area (TPSA) is 43.4 Å². The van der Waals surface area contributed by atoms with Crippen molar-refractivity contribution in [3.8, 4) is 0 Å². The maximum atomic E-state index is 14.9. The first-order chi connectivity index (χ1) is 21.8. The zero-order valence-electron chi connectivity index (χ0n) is 26.1. The molecule has 0 atom stereocenters. The summed E-state index contributed by atoms with van der Waals surface area (Å²) >= 11 is -4.66. The fourth-order valence-corrected chi connectivity index (χ4v) is 10.7. The van der Waals surface area contributed by atoms with Crippen molar-refractivity contribution < 1.29 is 106 Å². The Morgan fingerprint density at radius 3 is 0.960 bits per heavy atom. The summed E-state index contributed by atoms with van der Waals surface area (Å²) in [6.45, 7) is 10.1. The summed E-state index contributed by atoms with van der Waals surface area (Å²) in [6.07, 6.45) is -7.91. The molecule has 0 spiro atoms. The molecular weight excluding hydrogens is 866 g/mol. The molecule has 0 heterocycles. The molecule has 0 aromatic heterocycles. The van der Waals surface area contributed by atoms with Gasteiger partial charge in [0, 0.05) is 0 Å². The van der Waals surface area contributed by atoms with Crippen molar-refractivity contribution in [1.29, 1.82) is 0 Å². The minimum Gasteiger partial charge on any atom is -0.192 e. The quantitative estimate of drug-likeness (QED) is 0.178. The van der Waals surface area contributed by atoms with Crippen LogP contribution in [0.3, 0.4) is 0 Å². The molecule has 0 aliphatic carbocycles. The van der Waals surface area contributed by atoms with Crippen molar-refractivity contribution in [2.75, 3.05) is 0 Å². The standard InChI is InChI=1S/C28H26F17IO3S/c1-19(2,3)15-7-11-17(12-8-15)46(18-13-9-16(10-14-18)20(4,5)6)49-50(47,48)28(44,45)26(39,40)24(35,36)22(31,32)21(29,30)23(33,34)25(37,38)27(41,42)43/h7-14H,1-6H3/q+1. The van der Waals surface area contributed by atoms with Crippen molar-refractivity contribution in [3.05, 3.63) is 66.8 Å². The second-order valence-electron chi connectivity index (χ2n) is 12.7. The summed E-state index contributed by atoms with van der Waals surface area (Å²) in [6, 6.07) is 9.39. The highest BCUT2D eigenvalue weighted by Gasteiger charge is 2.96. The van der Waals surface area contributed by atoms with Crippen LogP contribution in [-0.2, 0) is 23.5 Å². The number of halogens is 18. The smallest absolute Gasteiger partial charge is 0.192 e. The van der Waals surface area contributed by atoms with Gasteiger partial charge in [0.05, 0.1) is 0 Å². The molecule has 0 bridgehead atoms. The molecule has 0 amide bonds. The van der Waals surface area contributed by atoms with E-state index in [0.29, 0.717) is 11.1 Å². The van der Waals surface area contributed by atoms with Crippen LogP contribution in [0.1, 0.15) is 52.7 Å². The van der Waals surface area contributed by atoms with Crippen molar-refractivity contribution in [2.45, 2.75) is 99.3 Å². The highest BCUT2D eigenvalue weighted by atomic mass is 127. The van der Waals surface area contributed by atoms with Gasteiger partial charge in [0.1, 0.15) is 0 Å². The van der Waals surface area contributed by atoms with E-state index in [4.69, 9.17) is 0 Å². The predicted octanol–water partition coefficient (Wildman–Crippen LogP) is 7.17. The molecule has 0 N–H and O–H groups in total. The normalized spacial score (nSPS) is 15.5. The van der Waals surface area contributed by atoms with Gasteiger partial charge in [0.2, 0.25) is 0 Å². The lowest BCUT2D eigenvalue weighted by Gasteiger charge is -2.42. The van der Waals surface area contributed by atoms with Crippen molar-refractivity contribution in [2.24, 2.45) is 0 Å². The predicted molar refractivity (Wildman–Crippen MR) is 138 cm³/mol. The van der Waals surface area contributed by atoms with E-state index < -0.39 is 88.1 Å². The second-order valence-corrected chi connectivity index (χ2v) is 19.3. The van der Waals surface area contributed by atoms with E-state index in [1.54, 1.807) is 41.5 Å². The van der Waals surface area contributed by atoms with Crippen LogP contribution in [0, 0.1) is 7.14 Å². The maximum absolute atomic E-state index is 14.9. The second kappa shape index (κ2) is 12.8. The number of alkyl halides is 17. The third-order valence-corrected chi connectivity index (χ3v) is 14.3. The Morgan fingerprint density at radius 1 is 0.440 bits per heavy atom. The molecule has 0 unspecified atom stereocenters. The molecule has 0 aliphatic heterocycles. The highest BCUT2D eigenvalue weighted by molar-refractivity contribution is 7.87. The van der Waals surface area contributed by atoms with Crippen molar-refractivity contribution in [3.63, 3.8) is 0 Å². The van der Waals surface area contributed by atoms with Crippen LogP contribution in [0.2, 0.25) is 0 Å². The summed E-state index contributed by atoms with van der Waals surface area (Å²) in [5.74, 6) is -52.1. The van der Waals surface area contributed by atoms with Crippen LogP contribution in [0.25, 0.3) is 0 Å². The SMILES string of the molecule is CC(C)(C)c1ccc([I+](OS(=O)(=O)C(F)(F)C(F)(F)C(F)(F)C(F)(F)C(F)(F)C(F)(F)C(F)(F)C(F)(F)F)c2ccc(C(C)(C)C)cc2)cc1. The van der Waals surface area contributed by atoms with Crippen LogP contribution < -0.4 is 20.2 Å². The molecule has 0 saturated heterocycles. The Hall–Kier alpha value is -2.11. The van der Waals surface area contributed by atoms with Gasteiger partial charge in [-0.2, -0.15) is 83.1 Å². The average molecular weight is 892 g/mol. The lowest BCUT2D eigenvalue weighted by molar-refractivity contribution is -1.03. The maximum Gasteiger partial charge on any atom is 0.460 e. The van der Waals surface area contributed by atoms with Gasteiger partial charge in [-0.25, -0.2) is 0 Å². The van der Waals surface area contributed by atoms with Gasteiger partial charge in [0.25, 0.3) is 0 Å². The summed E-state index contributed by atoms with van der Waals surface area (Å²) in [4.78, 5) is 0. The zero-order chi connectivity index (χ0) is 39.8. The summed E-state index contributed by atoms with van der Waals surface area (Å²) in [5.41, 5.74) is -0.187. The molecule has 2 rings (SSSR count). The Labute approximate surface area is 281 Å². The fourth-order valence-electron chi connectivity index (χ4n) is 3.76.